The van der Waals surface area contributed by atoms with E-state index in [4.69, 9.17) is 16.3 Å². The van der Waals surface area contributed by atoms with E-state index >= 15 is 0 Å². The van der Waals surface area contributed by atoms with E-state index in [1.807, 2.05) is 0 Å². The molecule has 0 saturated carbocycles. The van der Waals surface area contributed by atoms with Crippen LogP contribution in [0.2, 0.25) is 5.02 Å². The van der Waals surface area contributed by atoms with Crippen molar-refractivity contribution in [1.82, 2.24) is 5.06 Å². The standard InChI is InChI=1S/C19H14ClF3N2O7/c1-2-7-31-17(26)10-24(28)18(27)13-9-12(4-5-15(13)25(29)30)32-16-6-3-11(8-14(16)20)19(21,22)23/h2-6,8-9,28H,1,7,10H2. The normalized spacial score (nSPS) is 10.9. The third-order valence-electron chi connectivity index (χ3n) is 3.76. The number of hydrogen-bond acceptors (Lipinski definition) is 7. The fourth-order valence-electron chi connectivity index (χ4n) is 2.33. The number of amides is 1. The van der Waals surface area contributed by atoms with Crippen LogP contribution in [0.1, 0.15) is 15.9 Å². The first kappa shape index (κ1) is 24.6. The summed E-state index contributed by atoms with van der Waals surface area (Å²) in [5.74, 6) is -2.76. The summed E-state index contributed by atoms with van der Waals surface area (Å²) in [5, 5.41) is 20.6. The Labute approximate surface area is 183 Å². The maximum absolute atomic E-state index is 12.8. The molecule has 1 N–H and O–H groups in total. The minimum atomic E-state index is -4.63. The van der Waals surface area contributed by atoms with Crippen LogP contribution in [-0.2, 0) is 15.7 Å². The number of hydrogen-bond donors (Lipinski definition) is 1. The van der Waals surface area contributed by atoms with Gasteiger partial charge in [-0.2, -0.15) is 13.2 Å². The lowest BCUT2D eigenvalue weighted by Gasteiger charge is -2.15. The van der Waals surface area contributed by atoms with Gasteiger partial charge in [-0.25, -0.2) is 5.06 Å². The fraction of sp³-hybridized carbons (Fsp3) is 0.158. The highest BCUT2D eigenvalue weighted by Crippen LogP contribution is 2.37. The average molecular weight is 475 g/mol. The van der Waals surface area contributed by atoms with Crippen LogP contribution < -0.4 is 4.74 Å². The third kappa shape index (κ3) is 6.18. The predicted octanol–water partition coefficient (Wildman–Crippen LogP) is 4.62. The quantitative estimate of drug-likeness (QED) is 0.195. The van der Waals surface area contributed by atoms with E-state index in [1.54, 1.807) is 0 Å². The van der Waals surface area contributed by atoms with E-state index in [2.05, 4.69) is 11.3 Å². The Morgan fingerprint density at radius 2 is 1.94 bits per heavy atom. The highest BCUT2D eigenvalue weighted by molar-refractivity contribution is 6.32. The van der Waals surface area contributed by atoms with Crippen LogP contribution in [0.15, 0.2) is 49.1 Å². The van der Waals surface area contributed by atoms with Crippen molar-refractivity contribution in [2.45, 2.75) is 6.18 Å². The van der Waals surface area contributed by atoms with E-state index < -0.39 is 51.4 Å². The van der Waals surface area contributed by atoms with Gasteiger partial charge in [-0.3, -0.25) is 24.9 Å². The molecule has 0 atom stereocenters. The van der Waals surface area contributed by atoms with Crippen molar-refractivity contribution in [3.05, 3.63) is 75.3 Å². The number of hydroxylamine groups is 2. The van der Waals surface area contributed by atoms with E-state index in [9.17, 15) is 38.1 Å². The van der Waals surface area contributed by atoms with E-state index in [0.717, 1.165) is 24.3 Å². The largest absolute Gasteiger partial charge is 0.460 e. The van der Waals surface area contributed by atoms with Gasteiger partial charge in [-0.1, -0.05) is 24.3 Å². The average Bonchev–Trinajstić information content (AvgIpc) is 2.72. The van der Waals surface area contributed by atoms with E-state index in [0.29, 0.717) is 12.1 Å². The van der Waals surface area contributed by atoms with Gasteiger partial charge in [-0.15, -0.1) is 0 Å². The molecule has 0 bridgehead atoms. The Morgan fingerprint density at radius 1 is 1.25 bits per heavy atom. The Kier molecular flexibility index (Phi) is 7.78. The molecule has 2 rings (SSSR count). The number of benzene rings is 2. The van der Waals surface area contributed by atoms with Crippen LogP contribution in [0.3, 0.4) is 0 Å². The summed E-state index contributed by atoms with van der Waals surface area (Å²) in [7, 11) is 0. The molecule has 170 valence electrons. The Morgan fingerprint density at radius 3 is 2.50 bits per heavy atom. The molecule has 0 aliphatic rings. The number of esters is 1. The monoisotopic (exact) mass is 474 g/mol. The van der Waals surface area contributed by atoms with Crippen molar-refractivity contribution >= 4 is 29.2 Å². The first-order valence-corrected chi connectivity index (χ1v) is 8.92. The Bertz CT molecular complexity index is 1060. The molecule has 2 aromatic rings. The van der Waals surface area contributed by atoms with Gasteiger partial charge in [0.05, 0.1) is 15.5 Å². The van der Waals surface area contributed by atoms with Crippen LogP contribution in [0.5, 0.6) is 11.5 Å². The molecule has 0 heterocycles. The van der Waals surface area contributed by atoms with Gasteiger partial charge in [0.1, 0.15) is 30.2 Å². The van der Waals surface area contributed by atoms with Gasteiger partial charge < -0.3 is 9.47 Å². The number of ether oxygens (including phenoxy) is 2. The first-order valence-electron chi connectivity index (χ1n) is 8.54. The zero-order chi connectivity index (χ0) is 24.1. The summed E-state index contributed by atoms with van der Waals surface area (Å²) in [6, 6.07) is 5.09. The summed E-state index contributed by atoms with van der Waals surface area (Å²) in [4.78, 5) is 34.3. The lowest BCUT2D eigenvalue weighted by Crippen LogP contribution is -2.34. The molecular formula is C19H14ClF3N2O7. The van der Waals surface area contributed by atoms with Crippen molar-refractivity contribution in [3.63, 3.8) is 0 Å². The summed E-state index contributed by atoms with van der Waals surface area (Å²) < 4.78 is 48.2. The van der Waals surface area contributed by atoms with Crippen LogP contribution in [0, 0.1) is 10.1 Å². The van der Waals surface area contributed by atoms with E-state index in [1.165, 1.54) is 6.08 Å². The topological polar surface area (TPSA) is 119 Å². The fourth-order valence-corrected chi connectivity index (χ4v) is 2.55. The number of carbonyl (C=O) groups is 2. The second-order valence-corrected chi connectivity index (χ2v) is 6.42. The molecule has 0 spiro atoms. The lowest BCUT2D eigenvalue weighted by molar-refractivity contribution is -0.385. The van der Waals surface area contributed by atoms with Crippen LogP contribution in [0.25, 0.3) is 0 Å². The minimum absolute atomic E-state index is 0.0946. The second-order valence-electron chi connectivity index (χ2n) is 6.02. The Hall–Kier alpha value is -3.64. The predicted molar refractivity (Wildman–Crippen MR) is 104 cm³/mol. The highest BCUT2D eigenvalue weighted by atomic mass is 35.5. The molecule has 9 nitrogen and oxygen atoms in total. The van der Waals surface area contributed by atoms with Crippen molar-refractivity contribution in [1.29, 1.82) is 0 Å². The minimum Gasteiger partial charge on any atom is -0.460 e. The summed E-state index contributed by atoms with van der Waals surface area (Å²) in [6.45, 7) is 2.21. The molecule has 13 heteroatoms. The highest BCUT2D eigenvalue weighted by Gasteiger charge is 2.31. The number of nitro groups is 1. The second kappa shape index (κ2) is 10.1. The molecular weight excluding hydrogens is 461 g/mol. The zero-order valence-corrected chi connectivity index (χ0v) is 16.7. The Balaban J connectivity index is 2.31. The van der Waals surface area contributed by atoms with Crippen molar-refractivity contribution in [2.24, 2.45) is 0 Å². The molecule has 0 saturated heterocycles. The summed E-state index contributed by atoms with van der Waals surface area (Å²) in [5.41, 5.74) is -2.40. The molecule has 1 amide bonds. The van der Waals surface area contributed by atoms with Crippen molar-refractivity contribution < 1.29 is 42.4 Å². The maximum Gasteiger partial charge on any atom is 0.416 e. The number of alkyl halides is 3. The molecule has 0 unspecified atom stereocenters. The number of nitro benzene ring substituents is 1. The zero-order valence-electron chi connectivity index (χ0n) is 16.0. The molecule has 32 heavy (non-hydrogen) atoms. The summed E-state index contributed by atoms with van der Waals surface area (Å²) in [6.07, 6.45) is -3.38. The van der Waals surface area contributed by atoms with Crippen LogP contribution in [0.4, 0.5) is 18.9 Å². The molecule has 0 fully saturated rings. The van der Waals surface area contributed by atoms with E-state index in [-0.39, 0.29) is 23.2 Å². The first-order chi connectivity index (χ1) is 14.9. The van der Waals surface area contributed by atoms with Gasteiger partial charge >= 0.3 is 12.1 Å². The molecule has 0 aliphatic carbocycles. The van der Waals surface area contributed by atoms with Crippen LogP contribution in [-0.4, -0.2) is 40.2 Å². The van der Waals surface area contributed by atoms with Crippen LogP contribution >= 0.6 is 11.6 Å². The number of carbonyl (C=O) groups excluding carboxylic acids is 2. The van der Waals surface area contributed by atoms with Gasteiger partial charge in [0.2, 0.25) is 0 Å². The van der Waals surface area contributed by atoms with Gasteiger partial charge in [0.25, 0.3) is 11.6 Å². The summed E-state index contributed by atoms with van der Waals surface area (Å²) >= 11 is 5.81. The SMILES string of the molecule is C=CCOC(=O)CN(O)C(=O)c1cc(Oc2ccc(C(F)(F)F)cc2Cl)ccc1[N+](=O)[O-]. The van der Waals surface area contributed by atoms with Gasteiger partial charge in [0, 0.05) is 12.1 Å². The van der Waals surface area contributed by atoms with Gasteiger partial charge in [0.15, 0.2) is 0 Å². The number of rotatable bonds is 8. The van der Waals surface area contributed by atoms with Crippen molar-refractivity contribution in [2.75, 3.05) is 13.2 Å². The molecule has 0 aliphatic heterocycles. The third-order valence-corrected chi connectivity index (χ3v) is 4.05. The lowest BCUT2D eigenvalue weighted by atomic mass is 10.1. The maximum atomic E-state index is 12.8. The van der Waals surface area contributed by atoms with Gasteiger partial charge in [-0.05, 0) is 24.3 Å². The molecule has 2 aromatic carbocycles. The number of nitrogens with zero attached hydrogens (tertiary/aromatic N) is 2. The number of halogens is 4. The van der Waals surface area contributed by atoms with Crippen molar-refractivity contribution in [3.8, 4) is 11.5 Å². The smallest absolute Gasteiger partial charge is 0.416 e. The molecule has 0 aromatic heterocycles. The molecule has 0 radical (unpaired) electrons.